The van der Waals surface area contributed by atoms with E-state index in [4.69, 9.17) is 9.84 Å². The largest absolute Gasteiger partial charge is 0.481 e. The minimum Gasteiger partial charge on any atom is -0.481 e. The van der Waals surface area contributed by atoms with Gasteiger partial charge < -0.3 is 14.7 Å². The molecule has 1 aromatic carbocycles. The Hall–Kier alpha value is -1.89. The van der Waals surface area contributed by atoms with Gasteiger partial charge in [-0.2, -0.15) is 11.8 Å². The van der Waals surface area contributed by atoms with Gasteiger partial charge in [-0.25, -0.2) is 4.79 Å². The van der Waals surface area contributed by atoms with E-state index in [1.807, 2.05) is 46.0 Å². The van der Waals surface area contributed by atoms with Gasteiger partial charge in [0, 0.05) is 30.8 Å². The van der Waals surface area contributed by atoms with E-state index >= 15 is 0 Å². The Kier molecular flexibility index (Phi) is 8.09. The molecule has 0 bridgehead atoms. The van der Waals surface area contributed by atoms with E-state index in [1.54, 1.807) is 0 Å². The zero-order chi connectivity index (χ0) is 19.0. The van der Waals surface area contributed by atoms with Gasteiger partial charge in [0.2, 0.25) is 0 Å². The van der Waals surface area contributed by atoms with E-state index in [0.717, 1.165) is 17.8 Å². The molecule has 0 heterocycles. The molecule has 0 aliphatic carbocycles. The second kappa shape index (κ2) is 9.56. The Morgan fingerprint density at radius 1 is 1.32 bits per heavy atom. The molecule has 0 aromatic heterocycles. The lowest BCUT2D eigenvalue weighted by atomic mass is 10.1. The molecule has 0 saturated carbocycles. The number of carboxylic acids is 1. The molecule has 140 valence electrons. The molecule has 6 nitrogen and oxygen atoms in total. The molecule has 0 aliphatic rings. The molecule has 0 aliphatic heterocycles. The third-order valence-corrected chi connectivity index (χ3v) is 4.37. The van der Waals surface area contributed by atoms with Crippen LogP contribution in [0.5, 0.6) is 0 Å². The lowest BCUT2D eigenvalue weighted by Gasteiger charge is -2.22. The maximum absolute atomic E-state index is 12.1. The summed E-state index contributed by atoms with van der Waals surface area (Å²) in [6.07, 6.45) is -0.378. The highest BCUT2D eigenvalue weighted by molar-refractivity contribution is 7.98. The normalized spacial score (nSPS) is 11.1. The van der Waals surface area contributed by atoms with Gasteiger partial charge in [0.1, 0.15) is 5.60 Å². The number of nitrogens with zero attached hydrogens (tertiary/aromatic N) is 1. The minimum absolute atomic E-state index is 0.121. The number of ether oxygens (including phenoxy) is 1. The summed E-state index contributed by atoms with van der Waals surface area (Å²) >= 11 is 1.52. The van der Waals surface area contributed by atoms with Gasteiger partial charge in [-0.15, -0.1) is 0 Å². The fraction of sp³-hybridized carbons (Fsp3) is 0.556. The molecule has 0 radical (unpaired) electrons. The number of amides is 1. The van der Waals surface area contributed by atoms with Crippen LogP contribution in [0.4, 0.5) is 16.2 Å². The quantitative estimate of drug-likeness (QED) is 0.670. The summed E-state index contributed by atoms with van der Waals surface area (Å²) in [7, 11) is 1.98. The lowest BCUT2D eigenvalue weighted by molar-refractivity contribution is -0.136. The van der Waals surface area contributed by atoms with Crippen molar-refractivity contribution in [3.63, 3.8) is 0 Å². The summed E-state index contributed by atoms with van der Waals surface area (Å²) in [5.41, 5.74) is 2.05. The van der Waals surface area contributed by atoms with Crippen molar-refractivity contribution in [3.05, 3.63) is 23.8 Å². The van der Waals surface area contributed by atoms with Gasteiger partial charge in [0.15, 0.2) is 0 Å². The highest BCUT2D eigenvalue weighted by Gasteiger charge is 2.18. The summed E-state index contributed by atoms with van der Waals surface area (Å²) in [6, 6.07) is 5.87. The Bertz CT molecular complexity index is 599. The minimum atomic E-state index is -0.806. The zero-order valence-corrected chi connectivity index (χ0v) is 16.4. The van der Waals surface area contributed by atoms with E-state index in [0.29, 0.717) is 17.2 Å². The number of aliphatic carboxylic acids is 1. The summed E-state index contributed by atoms with van der Waals surface area (Å²) in [6.45, 7) is 8.35. The van der Waals surface area contributed by atoms with Crippen LogP contribution in [-0.2, 0) is 15.3 Å². The van der Waals surface area contributed by atoms with E-state index in [9.17, 15) is 9.59 Å². The molecular weight excluding hydrogens is 340 g/mol. The number of nitrogens with one attached hydrogen (secondary N) is 1. The molecular formula is C18H28N2O4S. The molecule has 1 rings (SSSR count). The lowest BCUT2D eigenvalue weighted by Crippen LogP contribution is -2.27. The monoisotopic (exact) mass is 368 g/mol. The molecule has 7 heteroatoms. The van der Waals surface area contributed by atoms with Gasteiger partial charge in [-0.1, -0.05) is 6.07 Å². The number of rotatable bonds is 8. The number of hydrogen-bond donors (Lipinski definition) is 2. The van der Waals surface area contributed by atoms with Crippen LogP contribution in [-0.4, -0.2) is 42.1 Å². The van der Waals surface area contributed by atoms with E-state index in [1.165, 1.54) is 11.8 Å². The first kappa shape index (κ1) is 21.2. The Balaban J connectivity index is 2.90. The average Bonchev–Trinajstić information content (AvgIpc) is 2.49. The summed E-state index contributed by atoms with van der Waals surface area (Å²) < 4.78 is 5.33. The molecule has 25 heavy (non-hydrogen) atoms. The zero-order valence-electron chi connectivity index (χ0n) is 15.6. The fourth-order valence-corrected chi connectivity index (χ4v) is 2.92. The number of carbonyl (C=O) groups is 2. The van der Waals surface area contributed by atoms with E-state index in [2.05, 4.69) is 17.1 Å². The first-order valence-electron chi connectivity index (χ1n) is 8.26. The van der Waals surface area contributed by atoms with Crippen molar-refractivity contribution in [1.29, 1.82) is 0 Å². The van der Waals surface area contributed by atoms with Crippen LogP contribution < -0.4 is 10.2 Å². The van der Waals surface area contributed by atoms with Gasteiger partial charge in [0.05, 0.1) is 12.1 Å². The predicted octanol–water partition coefficient (Wildman–Crippen LogP) is 4.20. The third kappa shape index (κ3) is 8.16. The molecule has 0 spiro atoms. The smallest absolute Gasteiger partial charge is 0.412 e. The van der Waals surface area contributed by atoms with E-state index < -0.39 is 17.7 Å². The SMILES string of the molecule is CCN(C)c1ccc(CSCCC(=O)O)c(NC(=O)OC(C)(C)C)c1. The van der Waals surface area contributed by atoms with Crippen molar-refractivity contribution >= 4 is 35.2 Å². The number of benzene rings is 1. The summed E-state index contributed by atoms with van der Waals surface area (Å²) in [5, 5.41) is 11.5. The molecule has 0 saturated heterocycles. The van der Waals surface area contributed by atoms with Gasteiger partial charge in [-0.3, -0.25) is 10.1 Å². The standard InChI is InChI=1S/C18H28N2O4S/c1-6-20(5)14-8-7-13(12-25-10-9-16(21)22)15(11-14)19-17(23)24-18(2,3)4/h7-8,11H,6,9-10,12H2,1-5H3,(H,19,23)(H,21,22). The van der Waals surface area contributed by atoms with Crippen molar-refractivity contribution < 1.29 is 19.4 Å². The van der Waals surface area contributed by atoms with Crippen LogP contribution in [0.1, 0.15) is 39.7 Å². The van der Waals surface area contributed by atoms with Crippen LogP contribution >= 0.6 is 11.8 Å². The molecule has 0 fully saturated rings. The number of carbonyl (C=O) groups excluding carboxylic acids is 1. The second-order valence-electron chi connectivity index (χ2n) is 6.68. The molecule has 1 amide bonds. The predicted molar refractivity (Wildman–Crippen MR) is 104 cm³/mol. The maximum atomic E-state index is 12.1. The van der Waals surface area contributed by atoms with Gasteiger partial charge in [0.25, 0.3) is 0 Å². The number of carboxylic acid groups (broad SMARTS) is 1. The first-order chi connectivity index (χ1) is 11.6. The maximum Gasteiger partial charge on any atom is 0.412 e. The summed E-state index contributed by atoms with van der Waals surface area (Å²) in [4.78, 5) is 24.8. The number of thioether (sulfide) groups is 1. The van der Waals surface area contributed by atoms with Crippen LogP contribution in [0.3, 0.4) is 0 Å². The second-order valence-corrected chi connectivity index (χ2v) is 7.78. The third-order valence-electron chi connectivity index (χ3n) is 3.36. The van der Waals surface area contributed by atoms with Crippen LogP contribution in [0.15, 0.2) is 18.2 Å². The number of hydrogen-bond acceptors (Lipinski definition) is 5. The Morgan fingerprint density at radius 3 is 2.56 bits per heavy atom. The average molecular weight is 368 g/mol. The topological polar surface area (TPSA) is 78.9 Å². The molecule has 2 N–H and O–H groups in total. The van der Waals surface area contributed by atoms with Crippen molar-refractivity contribution in [2.24, 2.45) is 0 Å². The summed E-state index contributed by atoms with van der Waals surface area (Å²) in [5.74, 6) is 0.339. The van der Waals surface area contributed by atoms with Crippen molar-refractivity contribution in [2.75, 3.05) is 29.6 Å². The van der Waals surface area contributed by atoms with Crippen molar-refractivity contribution in [3.8, 4) is 0 Å². The number of anilines is 2. The van der Waals surface area contributed by atoms with Gasteiger partial charge >= 0.3 is 12.1 Å². The molecule has 0 unspecified atom stereocenters. The highest BCUT2D eigenvalue weighted by Crippen LogP contribution is 2.27. The van der Waals surface area contributed by atoms with Gasteiger partial charge in [-0.05, 0) is 45.4 Å². The first-order valence-corrected chi connectivity index (χ1v) is 9.41. The van der Waals surface area contributed by atoms with Crippen LogP contribution in [0.2, 0.25) is 0 Å². The van der Waals surface area contributed by atoms with Crippen LogP contribution in [0, 0.1) is 0 Å². The molecule has 1 aromatic rings. The highest BCUT2D eigenvalue weighted by atomic mass is 32.2. The Labute approximate surface area is 153 Å². The fourth-order valence-electron chi connectivity index (χ4n) is 1.98. The van der Waals surface area contributed by atoms with Crippen molar-refractivity contribution in [1.82, 2.24) is 0 Å². The molecule has 0 atom stereocenters. The van der Waals surface area contributed by atoms with Crippen LogP contribution in [0.25, 0.3) is 0 Å². The van der Waals surface area contributed by atoms with E-state index in [-0.39, 0.29) is 6.42 Å². The van der Waals surface area contributed by atoms with Crippen molar-refractivity contribution in [2.45, 2.75) is 45.5 Å². The Morgan fingerprint density at radius 2 is 2.00 bits per heavy atom.